The highest BCUT2D eigenvalue weighted by molar-refractivity contribution is 5.88. The molecule has 1 amide bonds. The average Bonchev–Trinajstić information content (AvgIpc) is 2.34. The van der Waals surface area contributed by atoms with Crippen LogP contribution in [0.15, 0.2) is 18.3 Å². The number of carboxylic acids is 1. The van der Waals surface area contributed by atoms with E-state index in [1.165, 1.54) is 18.3 Å². The molecule has 1 aromatic rings. The molecule has 0 aliphatic carbocycles. The number of carboxylic acid groups (broad SMARTS) is 1. The van der Waals surface area contributed by atoms with Gasteiger partial charge in [0.05, 0.1) is 6.07 Å². The van der Waals surface area contributed by atoms with E-state index in [9.17, 15) is 9.59 Å². The first-order chi connectivity index (χ1) is 8.15. The molecule has 0 aliphatic rings. The van der Waals surface area contributed by atoms with Crippen molar-refractivity contribution in [3.8, 4) is 11.8 Å². The number of hydrogen-bond acceptors (Lipinski definition) is 5. The van der Waals surface area contributed by atoms with Gasteiger partial charge in [0.15, 0.2) is 18.1 Å². The van der Waals surface area contributed by atoms with Gasteiger partial charge in [-0.25, -0.2) is 9.78 Å². The Bertz CT molecular complexity index is 467. The number of nitrogens with one attached hydrogen (secondary N) is 1. The van der Waals surface area contributed by atoms with Crippen LogP contribution in [0.5, 0.6) is 5.75 Å². The van der Waals surface area contributed by atoms with Crippen LogP contribution in [-0.2, 0) is 4.79 Å². The van der Waals surface area contributed by atoms with Gasteiger partial charge in [-0.2, -0.15) is 5.26 Å². The van der Waals surface area contributed by atoms with Gasteiger partial charge in [-0.05, 0) is 12.1 Å². The molecule has 1 rings (SSSR count). The molecule has 17 heavy (non-hydrogen) atoms. The lowest BCUT2D eigenvalue weighted by Gasteiger charge is -2.07. The Kier molecular flexibility index (Phi) is 4.45. The second kappa shape index (κ2) is 6.07. The summed E-state index contributed by atoms with van der Waals surface area (Å²) in [5, 5.41) is 19.3. The Hall–Kier alpha value is -2.62. The van der Waals surface area contributed by atoms with Crippen LogP contribution < -0.4 is 10.1 Å². The molecule has 0 spiro atoms. The quantitative estimate of drug-likeness (QED) is 0.683. The Morgan fingerprint density at radius 2 is 2.35 bits per heavy atom. The van der Waals surface area contributed by atoms with Crippen LogP contribution in [-0.4, -0.2) is 35.1 Å². The van der Waals surface area contributed by atoms with E-state index in [4.69, 9.17) is 15.1 Å². The summed E-state index contributed by atoms with van der Waals surface area (Å²) in [6.07, 6.45) is 1.31. The predicted molar refractivity (Wildman–Crippen MR) is 55.3 cm³/mol. The summed E-state index contributed by atoms with van der Waals surface area (Å²) in [5.41, 5.74) is -0.263. The fourth-order valence-electron chi connectivity index (χ4n) is 1.00. The number of amides is 1. The molecular formula is C10H9N3O4. The smallest absolute Gasteiger partial charge is 0.358 e. The lowest BCUT2D eigenvalue weighted by atomic mass is 10.3. The number of carbonyl (C=O) groups excluding carboxylic acids is 1. The van der Waals surface area contributed by atoms with E-state index < -0.39 is 11.9 Å². The van der Waals surface area contributed by atoms with E-state index >= 15 is 0 Å². The van der Waals surface area contributed by atoms with Crippen molar-refractivity contribution in [3.63, 3.8) is 0 Å². The van der Waals surface area contributed by atoms with Crippen LogP contribution in [0, 0.1) is 11.3 Å². The number of nitrogens with zero attached hydrogens (tertiary/aromatic N) is 2. The largest absolute Gasteiger partial charge is 0.481 e. The van der Waals surface area contributed by atoms with E-state index in [0.29, 0.717) is 0 Å². The Morgan fingerprint density at radius 3 is 3.00 bits per heavy atom. The SMILES string of the molecule is N#CCNC(=O)COc1cccnc1C(=O)O. The van der Waals surface area contributed by atoms with Crippen LogP contribution in [0.3, 0.4) is 0 Å². The first kappa shape index (κ1) is 12.4. The first-order valence-corrected chi connectivity index (χ1v) is 4.60. The van der Waals surface area contributed by atoms with E-state index in [2.05, 4.69) is 10.3 Å². The zero-order valence-electron chi connectivity index (χ0n) is 8.71. The van der Waals surface area contributed by atoms with Gasteiger partial charge in [0.1, 0.15) is 6.54 Å². The maximum absolute atomic E-state index is 11.1. The minimum atomic E-state index is -1.24. The van der Waals surface area contributed by atoms with Crippen molar-refractivity contribution in [2.45, 2.75) is 0 Å². The number of aromatic carboxylic acids is 1. The molecule has 1 heterocycles. The van der Waals surface area contributed by atoms with Gasteiger partial charge in [-0.3, -0.25) is 4.79 Å². The van der Waals surface area contributed by atoms with Gasteiger partial charge in [-0.1, -0.05) is 0 Å². The lowest BCUT2D eigenvalue weighted by molar-refractivity contribution is -0.122. The van der Waals surface area contributed by atoms with Crippen molar-refractivity contribution in [3.05, 3.63) is 24.0 Å². The van der Waals surface area contributed by atoms with Gasteiger partial charge in [0, 0.05) is 6.20 Å². The summed E-state index contributed by atoms with van der Waals surface area (Å²) >= 11 is 0. The molecule has 0 atom stereocenters. The predicted octanol–water partition coefficient (Wildman–Crippen LogP) is -0.202. The Balaban J connectivity index is 2.61. The van der Waals surface area contributed by atoms with Crippen molar-refractivity contribution in [1.29, 1.82) is 5.26 Å². The second-order valence-corrected chi connectivity index (χ2v) is 2.88. The van der Waals surface area contributed by atoms with Crippen molar-refractivity contribution < 1.29 is 19.4 Å². The first-order valence-electron chi connectivity index (χ1n) is 4.60. The molecule has 0 aliphatic heterocycles. The number of rotatable bonds is 5. The van der Waals surface area contributed by atoms with E-state index in [0.717, 1.165) is 0 Å². The maximum atomic E-state index is 11.1. The molecule has 0 fully saturated rings. The average molecular weight is 235 g/mol. The molecule has 7 heteroatoms. The molecule has 1 aromatic heterocycles. The van der Waals surface area contributed by atoms with Gasteiger partial charge >= 0.3 is 5.97 Å². The molecule has 0 radical (unpaired) electrons. The third kappa shape index (κ3) is 3.79. The summed E-state index contributed by atoms with van der Waals surface area (Å²) in [5.74, 6) is -1.74. The highest BCUT2D eigenvalue weighted by Crippen LogP contribution is 2.14. The molecule has 7 nitrogen and oxygen atoms in total. The monoisotopic (exact) mass is 235 g/mol. The van der Waals surface area contributed by atoms with Crippen molar-refractivity contribution in [2.24, 2.45) is 0 Å². The van der Waals surface area contributed by atoms with E-state index in [1.54, 1.807) is 6.07 Å². The van der Waals surface area contributed by atoms with Crippen LogP contribution in [0.25, 0.3) is 0 Å². The van der Waals surface area contributed by atoms with Crippen LogP contribution in [0.1, 0.15) is 10.5 Å². The topological polar surface area (TPSA) is 112 Å². The number of nitriles is 1. The van der Waals surface area contributed by atoms with Crippen molar-refractivity contribution in [2.75, 3.05) is 13.2 Å². The van der Waals surface area contributed by atoms with Crippen LogP contribution >= 0.6 is 0 Å². The number of carbonyl (C=O) groups is 2. The number of ether oxygens (including phenoxy) is 1. The zero-order valence-corrected chi connectivity index (χ0v) is 8.71. The number of pyridine rings is 1. The zero-order chi connectivity index (χ0) is 12.7. The standard InChI is InChI=1S/C10H9N3O4/c11-3-5-12-8(14)6-17-7-2-1-4-13-9(7)10(15)16/h1-2,4H,5-6H2,(H,12,14)(H,15,16). The number of hydrogen-bond donors (Lipinski definition) is 2. The lowest BCUT2D eigenvalue weighted by Crippen LogP contribution is -2.29. The maximum Gasteiger partial charge on any atom is 0.358 e. The summed E-state index contributed by atoms with van der Waals surface area (Å²) < 4.78 is 4.99. The molecule has 0 saturated carbocycles. The second-order valence-electron chi connectivity index (χ2n) is 2.88. The van der Waals surface area contributed by atoms with Gasteiger partial charge in [0.25, 0.3) is 5.91 Å². The van der Waals surface area contributed by atoms with Crippen molar-refractivity contribution >= 4 is 11.9 Å². The van der Waals surface area contributed by atoms with Gasteiger partial charge in [-0.15, -0.1) is 0 Å². The van der Waals surface area contributed by atoms with Gasteiger partial charge in [0.2, 0.25) is 0 Å². The molecule has 0 saturated heterocycles. The number of aromatic nitrogens is 1. The molecule has 0 bridgehead atoms. The normalized spacial score (nSPS) is 9.12. The highest BCUT2D eigenvalue weighted by Gasteiger charge is 2.13. The minimum Gasteiger partial charge on any atom is -0.481 e. The summed E-state index contributed by atoms with van der Waals surface area (Å²) in [6.45, 7) is -0.491. The third-order valence-electron chi connectivity index (χ3n) is 1.70. The van der Waals surface area contributed by atoms with Crippen LogP contribution in [0.4, 0.5) is 0 Å². The minimum absolute atomic E-state index is 0.00658. The molecule has 2 N–H and O–H groups in total. The van der Waals surface area contributed by atoms with E-state index in [-0.39, 0.29) is 24.6 Å². The van der Waals surface area contributed by atoms with E-state index in [1.807, 2.05) is 0 Å². The molecular weight excluding hydrogens is 226 g/mol. The van der Waals surface area contributed by atoms with Crippen LogP contribution in [0.2, 0.25) is 0 Å². The third-order valence-corrected chi connectivity index (χ3v) is 1.70. The molecule has 88 valence electrons. The highest BCUT2D eigenvalue weighted by atomic mass is 16.5. The molecule has 0 aromatic carbocycles. The Morgan fingerprint density at radius 1 is 1.59 bits per heavy atom. The summed E-state index contributed by atoms with van der Waals surface area (Å²) in [4.78, 5) is 25.5. The van der Waals surface area contributed by atoms with Gasteiger partial charge < -0.3 is 15.2 Å². The fraction of sp³-hybridized carbons (Fsp3) is 0.200. The Labute approximate surface area is 96.6 Å². The van der Waals surface area contributed by atoms with Crippen molar-refractivity contribution in [1.82, 2.24) is 10.3 Å². The summed E-state index contributed by atoms with van der Waals surface area (Å²) in [6, 6.07) is 4.62. The summed E-state index contributed by atoms with van der Waals surface area (Å²) in [7, 11) is 0. The fourth-order valence-corrected chi connectivity index (χ4v) is 1.00. The molecule has 0 unspecified atom stereocenters.